The first-order valence-corrected chi connectivity index (χ1v) is 13.3. The zero-order chi connectivity index (χ0) is 25.5. The van der Waals surface area contributed by atoms with Crippen LogP contribution in [0.4, 0.5) is 0 Å². The van der Waals surface area contributed by atoms with Gasteiger partial charge >= 0.3 is 0 Å². The fourth-order valence-electron chi connectivity index (χ4n) is 4.57. The lowest BCUT2D eigenvalue weighted by atomic mass is 10.00. The Balaban J connectivity index is 1.49. The molecule has 0 spiro atoms. The normalized spacial score (nSPS) is 14.9. The first-order valence-electron chi connectivity index (χ1n) is 12.4. The van der Waals surface area contributed by atoms with Gasteiger partial charge in [-0.1, -0.05) is 50.2 Å². The van der Waals surface area contributed by atoms with Gasteiger partial charge in [-0.2, -0.15) is 0 Å². The van der Waals surface area contributed by atoms with E-state index in [0.717, 1.165) is 23.3 Å². The Morgan fingerprint density at radius 3 is 2.61 bits per heavy atom. The van der Waals surface area contributed by atoms with Crippen LogP contribution in [0.5, 0.6) is 11.5 Å². The second-order valence-corrected chi connectivity index (χ2v) is 10.5. The van der Waals surface area contributed by atoms with Gasteiger partial charge in [-0.05, 0) is 47.0 Å². The van der Waals surface area contributed by atoms with Crippen molar-refractivity contribution in [2.24, 2.45) is 5.92 Å². The van der Waals surface area contributed by atoms with E-state index < -0.39 is 0 Å². The van der Waals surface area contributed by atoms with Gasteiger partial charge in [0.1, 0.15) is 18.1 Å². The number of fused-ring (bicyclic) bond motifs is 1. The van der Waals surface area contributed by atoms with Crippen molar-refractivity contribution in [1.29, 1.82) is 0 Å². The smallest absolute Gasteiger partial charge is 0.242 e. The van der Waals surface area contributed by atoms with Gasteiger partial charge in [-0.3, -0.25) is 9.59 Å². The molecule has 36 heavy (non-hydrogen) atoms. The van der Waals surface area contributed by atoms with Gasteiger partial charge in [0.05, 0.1) is 26.1 Å². The average Bonchev–Trinajstić information content (AvgIpc) is 3.36. The molecule has 190 valence electrons. The maximum atomic E-state index is 13.7. The van der Waals surface area contributed by atoms with Crippen LogP contribution in [0.2, 0.25) is 0 Å². The number of thiophene rings is 1. The van der Waals surface area contributed by atoms with Gasteiger partial charge in [-0.25, -0.2) is 0 Å². The second kappa shape index (κ2) is 12.1. The summed E-state index contributed by atoms with van der Waals surface area (Å²) in [5, 5.41) is 2.08. The van der Waals surface area contributed by atoms with Crippen LogP contribution in [0.15, 0.2) is 66.0 Å². The Morgan fingerprint density at radius 1 is 1.08 bits per heavy atom. The van der Waals surface area contributed by atoms with Crippen LogP contribution in [0.1, 0.15) is 35.9 Å². The van der Waals surface area contributed by atoms with E-state index in [1.54, 1.807) is 23.3 Å². The highest BCUT2D eigenvalue weighted by Crippen LogP contribution is 2.34. The Bertz CT molecular complexity index is 1160. The molecule has 0 fully saturated rings. The molecule has 3 aromatic rings. The summed E-state index contributed by atoms with van der Waals surface area (Å²) in [5.41, 5.74) is 2.09. The lowest BCUT2D eigenvalue weighted by Crippen LogP contribution is -2.48. The Morgan fingerprint density at radius 2 is 1.86 bits per heavy atom. The minimum atomic E-state index is -0.205. The highest BCUT2D eigenvalue weighted by Gasteiger charge is 2.33. The number of ether oxygens (including phenoxy) is 2. The van der Waals surface area contributed by atoms with Crippen molar-refractivity contribution < 1.29 is 19.1 Å². The fourth-order valence-corrected chi connectivity index (χ4v) is 5.50. The molecule has 0 aliphatic carbocycles. The second-order valence-electron chi connectivity index (χ2n) is 9.47. The van der Waals surface area contributed by atoms with Crippen molar-refractivity contribution in [1.82, 2.24) is 9.80 Å². The maximum Gasteiger partial charge on any atom is 0.242 e. The summed E-state index contributed by atoms with van der Waals surface area (Å²) < 4.78 is 11.5. The minimum Gasteiger partial charge on any atom is -0.497 e. The molecule has 0 unspecified atom stereocenters. The summed E-state index contributed by atoms with van der Waals surface area (Å²) in [6.45, 7) is 5.69. The first kappa shape index (κ1) is 25.8. The lowest BCUT2D eigenvalue weighted by Gasteiger charge is -2.37. The van der Waals surface area contributed by atoms with Crippen LogP contribution < -0.4 is 9.47 Å². The number of benzene rings is 2. The zero-order valence-electron chi connectivity index (χ0n) is 21.2. The van der Waals surface area contributed by atoms with Crippen LogP contribution in [0.25, 0.3) is 0 Å². The number of hydrogen-bond acceptors (Lipinski definition) is 5. The van der Waals surface area contributed by atoms with E-state index in [-0.39, 0.29) is 36.7 Å². The summed E-state index contributed by atoms with van der Waals surface area (Å²) in [6.07, 6.45) is 1.11. The van der Waals surface area contributed by atoms with E-state index in [0.29, 0.717) is 25.4 Å². The standard InChI is InChI=1S/C29H34N2O4S/c1-21(2)18-30(28(32)16-22-8-5-4-6-9-22)19-29(33)31-14-12-27-25(13-15-36-27)26(31)20-35-24-11-7-10-23(17-24)34-3/h4-11,13,15,17,21,26H,12,14,16,18-20H2,1-3H3/t26-/m1/s1. The third kappa shape index (κ3) is 6.46. The Hall–Kier alpha value is -3.32. The first-order chi connectivity index (χ1) is 17.4. The Labute approximate surface area is 217 Å². The largest absolute Gasteiger partial charge is 0.497 e. The van der Waals surface area contributed by atoms with E-state index in [9.17, 15) is 9.59 Å². The van der Waals surface area contributed by atoms with E-state index in [1.807, 2.05) is 59.5 Å². The monoisotopic (exact) mass is 506 g/mol. The van der Waals surface area contributed by atoms with Gasteiger partial charge in [0.25, 0.3) is 0 Å². The molecule has 0 N–H and O–H groups in total. The SMILES string of the molecule is COc1cccc(OC[C@@H]2c3ccsc3CCN2C(=O)CN(CC(C)C)C(=O)Cc2ccccc2)c1. The van der Waals surface area contributed by atoms with Gasteiger partial charge in [0.2, 0.25) is 11.8 Å². The molecule has 1 aliphatic heterocycles. The molecule has 0 radical (unpaired) electrons. The summed E-state index contributed by atoms with van der Waals surface area (Å²) in [6, 6.07) is 19.1. The highest BCUT2D eigenvalue weighted by atomic mass is 32.1. The third-order valence-corrected chi connectivity index (χ3v) is 7.32. The van der Waals surface area contributed by atoms with Crippen LogP contribution in [-0.2, 0) is 22.4 Å². The van der Waals surface area contributed by atoms with Gasteiger partial charge in [0, 0.05) is 24.0 Å². The summed E-state index contributed by atoms with van der Waals surface area (Å²) in [4.78, 5) is 31.7. The predicted molar refractivity (Wildman–Crippen MR) is 143 cm³/mol. The number of rotatable bonds is 10. The topological polar surface area (TPSA) is 59.1 Å². The number of amides is 2. The van der Waals surface area contributed by atoms with Crippen molar-refractivity contribution >= 4 is 23.2 Å². The van der Waals surface area contributed by atoms with Crippen LogP contribution in [0, 0.1) is 5.92 Å². The van der Waals surface area contributed by atoms with E-state index >= 15 is 0 Å². The van der Waals surface area contributed by atoms with Crippen LogP contribution in [0.3, 0.4) is 0 Å². The molecule has 2 amide bonds. The van der Waals surface area contributed by atoms with E-state index in [1.165, 1.54) is 4.88 Å². The molecule has 0 saturated carbocycles. The molecule has 2 aromatic carbocycles. The molecule has 1 atom stereocenters. The van der Waals surface area contributed by atoms with E-state index in [4.69, 9.17) is 9.47 Å². The highest BCUT2D eigenvalue weighted by molar-refractivity contribution is 7.10. The van der Waals surface area contributed by atoms with Crippen LogP contribution in [-0.4, -0.2) is 55.0 Å². The summed E-state index contributed by atoms with van der Waals surface area (Å²) in [7, 11) is 1.63. The zero-order valence-corrected chi connectivity index (χ0v) is 22.0. The van der Waals surface area contributed by atoms with Gasteiger partial charge < -0.3 is 19.3 Å². The molecule has 4 rings (SSSR count). The lowest BCUT2D eigenvalue weighted by molar-refractivity contribution is -0.142. The predicted octanol–water partition coefficient (Wildman–Crippen LogP) is 4.99. The molecule has 0 saturated heterocycles. The molecule has 0 bridgehead atoms. The maximum absolute atomic E-state index is 13.7. The quantitative estimate of drug-likeness (QED) is 0.389. The van der Waals surface area contributed by atoms with Gasteiger partial charge in [-0.15, -0.1) is 11.3 Å². The summed E-state index contributed by atoms with van der Waals surface area (Å²) in [5.74, 6) is 1.61. The van der Waals surface area contributed by atoms with Crippen molar-refractivity contribution in [2.75, 3.05) is 33.4 Å². The van der Waals surface area contributed by atoms with E-state index in [2.05, 4.69) is 25.3 Å². The van der Waals surface area contributed by atoms with Gasteiger partial charge in [0.15, 0.2) is 0 Å². The van der Waals surface area contributed by atoms with Crippen molar-refractivity contribution in [3.8, 4) is 11.5 Å². The minimum absolute atomic E-state index is 0.0272. The molecule has 7 heteroatoms. The fraction of sp³-hybridized carbons (Fsp3) is 0.379. The number of nitrogens with zero attached hydrogens (tertiary/aromatic N) is 2. The number of hydrogen-bond donors (Lipinski definition) is 0. The Kier molecular flexibility index (Phi) is 8.65. The molecule has 2 heterocycles. The number of carbonyl (C=O) groups excluding carboxylic acids is 2. The van der Waals surface area contributed by atoms with Crippen molar-refractivity contribution in [3.05, 3.63) is 82.0 Å². The van der Waals surface area contributed by atoms with Crippen molar-refractivity contribution in [3.63, 3.8) is 0 Å². The molecular formula is C29H34N2O4S. The molecule has 6 nitrogen and oxygen atoms in total. The third-order valence-electron chi connectivity index (χ3n) is 6.33. The molecule has 1 aliphatic rings. The molecular weight excluding hydrogens is 472 g/mol. The average molecular weight is 507 g/mol. The summed E-state index contributed by atoms with van der Waals surface area (Å²) >= 11 is 1.72. The van der Waals surface area contributed by atoms with Crippen LogP contribution >= 0.6 is 11.3 Å². The number of carbonyl (C=O) groups is 2. The van der Waals surface area contributed by atoms with Crippen molar-refractivity contribution in [2.45, 2.75) is 32.7 Å². The molecule has 1 aromatic heterocycles. The number of methoxy groups -OCH3 is 1.